The number of nitrogens with zero attached hydrogens (tertiary/aromatic N) is 4. The Morgan fingerprint density at radius 3 is 1.12 bits per heavy atom. The molecule has 4 heteroatoms. The SMILES string of the molecule is CC(C)(C)N1CCN(CC#CC#CCN2CCN(C(C)(C)C)CC2)CC1. The summed E-state index contributed by atoms with van der Waals surface area (Å²) in [5.41, 5.74) is 0.559. The van der Waals surface area contributed by atoms with Crippen LogP contribution in [0.25, 0.3) is 0 Å². The maximum Gasteiger partial charge on any atom is 0.0612 e. The van der Waals surface area contributed by atoms with E-state index in [1.165, 1.54) is 0 Å². The molecule has 2 heterocycles. The maximum absolute atomic E-state index is 3.23. The van der Waals surface area contributed by atoms with Crippen LogP contribution in [0.2, 0.25) is 0 Å². The molecular formula is C22H38N4. The Kier molecular flexibility index (Phi) is 7.56. The summed E-state index contributed by atoms with van der Waals surface area (Å²) in [7, 11) is 0. The molecule has 2 aliphatic heterocycles. The Hall–Kier alpha value is -1.04. The minimum atomic E-state index is 0.279. The molecule has 146 valence electrons. The van der Waals surface area contributed by atoms with Crippen LogP contribution in [0.15, 0.2) is 0 Å². The highest BCUT2D eigenvalue weighted by molar-refractivity contribution is 5.27. The zero-order valence-electron chi connectivity index (χ0n) is 17.9. The highest BCUT2D eigenvalue weighted by atomic mass is 15.3. The van der Waals surface area contributed by atoms with E-state index in [9.17, 15) is 0 Å². The van der Waals surface area contributed by atoms with Crippen LogP contribution >= 0.6 is 0 Å². The molecule has 26 heavy (non-hydrogen) atoms. The quantitative estimate of drug-likeness (QED) is 0.698. The first-order valence-corrected chi connectivity index (χ1v) is 10.1. The van der Waals surface area contributed by atoms with Gasteiger partial charge in [0.1, 0.15) is 0 Å². The summed E-state index contributed by atoms with van der Waals surface area (Å²) >= 11 is 0. The zero-order valence-corrected chi connectivity index (χ0v) is 17.9. The van der Waals surface area contributed by atoms with Crippen molar-refractivity contribution in [2.75, 3.05) is 65.4 Å². The molecule has 2 rings (SSSR count). The van der Waals surface area contributed by atoms with Crippen LogP contribution in [0.5, 0.6) is 0 Å². The monoisotopic (exact) mass is 358 g/mol. The lowest BCUT2D eigenvalue weighted by Gasteiger charge is -2.41. The fourth-order valence-corrected chi connectivity index (χ4v) is 3.54. The molecule has 2 aliphatic rings. The summed E-state index contributed by atoms with van der Waals surface area (Å²) in [6, 6.07) is 0. The molecule has 0 saturated carbocycles. The minimum absolute atomic E-state index is 0.279. The molecule has 2 fully saturated rings. The van der Waals surface area contributed by atoms with E-state index in [0.29, 0.717) is 0 Å². The number of rotatable bonds is 2. The van der Waals surface area contributed by atoms with Crippen LogP contribution in [0, 0.1) is 23.7 Å². The highest BCUT2D eigenvalue weighted by Gasteiger charge is 2.26. The van der Waals surface area contributed by atoms with Gasteiger partial charge in [-0.3, -0.25) is 19.6 Å². The van der Waals surface area contributed by atoms with Gasteiger partial charge in [0.2, 0.25) is 0 Å². The fraction of sp³-hybridized carbons (Fsp3) is 0.818. The molecule has 0 aromatic rings. The first-order valence-electron chi connectivity index (χ1n) is 10.1. The highest BCUT2D eigenvalue weighted by Crippen LogP contribution is 2.16. The van der Waals surface area contributed by atoms with Gasteiger partial charge in [0.15, 0.2) is 0 Å². The summed E-state index contributed by atoms with van der Waals surface area (Å²) < 4.78 is 0. The predicted molar refractivity (Wildman–Crippen MR) is 111 cm³/mol. The van der Waals surface area contributed by atoms with Gasteiger partial charge >= 0.3 is 0 Å². The topological polar surface area (TPSA) is 13.0 Å². The maximum atomic E-state index is 3.23. The van der Waals surface area contributed by atoms with Crippen LogP contribution in [0.3, 0.4) is 0 Å². The second kappa shape index (κ2) is 9.25. The van der Waals surface area contributed by atoms with Crippen molar-refractivity contribution in [2.24, 2.45) is 0 Å². The molecule has 0 bridgehead atoms. The summed E-state index contributed by atoms with van der Waals surface area (Å²) in [5.74, 6) is 12.5. The van der Waals surface area contributed by atoms with Crippen LogP contribution in [0.1, 0.15) is 41.5 Å². The Morgan fingerprint density at radius 2 is 0.846 bits per heavy atom. The largest absolute Gasteiger partial charge is 0.296 e. The van der Waals surface area contributed by atoms with E-state index in [-0.39, 0.29) is 11.1 Å². The van der Waals surface area contributed by atoms with Gasteiger partial charge in [-0.05, 0) is 53.4 Å². The van der Waals surface area contributed by atoms with Gasteiger partial charge in [0.25, 0.3) is 0 Å². The van der Waals surface area contributed by atoms with Gasteiger partial charge in [0, 0.05) is 63.4 Å². The average Bonchev–Trinajstić information content (AvgIpc) is 2.57. The van der Waals surface area contributed by atoms with E-state index in [0.717, 1.165) is 65.4 Å². The van der Waals surface area contributed by atoms with Gasteiger partial charge in [-0.1, -0.05) is 11.8 Å². The smallest absolute Gasteiger partial charge is 0.0612 e. The molecule has 0 N–H and O–H groups in total. The fourth-order valence-electron chi connectivity index (χ4n) is 3.54. The standard InChI is InChI=1S/C22H38N4/c1-21(2,3)25-17-13-23(14-18-25)11-9-7-8-10-12-24-15-19-26(20-16-24)22(4,5)6/h11-20H2,1-6H3. The van der Waals surface area contributed by atoms with Crippen molar-refractivity contribution in [3.05, 3.63) is 0 Å². The van der Waals surface area contributed by atoms with Crippen molar-refractivity contribution in [2.45, 2.75) is 52.6 Å². The molecule has 0 amide bonds. The van der Waals surface area contributed by atoms with Crippen molar-refractivity contribution in [3.8, 4) is 23.7 Å². The van der Waals surface area contributed by atoms with Gasteiger partial charge in [0.05, 0.1) is 13.1 Å². The number of hydrogen-bond acceptors (Lipinski definition) is 4. The first-order chi connectivity index (χ1) is 12.2. The Bertz CT molecular complexity index is 493. The molecule has 0 aromatic carbocycles. The van der Waals surface area contributed by atoms with Gasteiger partial charge in [-0.2, -0.15) is 0 Å². The Morgan fingerprint density at radius 1 is 0.538 bits per heavy atom. The van der Waals surface area contributed by atoms with Crippen molar-refractivity contribution in [1.29, 1.82) is 0 Å². The van der Waals surface area contributed by atoms with Gasteiger partial charge in [-0.15, -0.1) is 0 Å². The van der Waals surface area contributed by atoms with E-state index >= 15 is 0 Å². The molecule has 4 nitrogen and oxygen atoms in total. The Labute approximate surface area is 161 Å². The number of hydrogen-bond donors (Lipinski definition) is 0. The third kappa shape index (κ3) is 6.93. The van der Waals surface area contributed by atoms with Crippen molar-refractivity contribution in [3.63, 3.8) is 0 Å². The van der Waals surface area contributed by atoms with Crippen LogP contribution in [-0.2, 0) is 0 Å². The molecule has 0 radical (unpaired) electrons. The third-order valence-corrected chi connectivity index (χ3v) is 5.49. The summed E-state index contributed by atoms with van der Waals surface area (Å²) in [6.07, 6.45) is 0. The van der Waals surface area contributed by atoms with Crippen LogP contribution < -0.4 is 0 Å². The summed E-state index contributed by atoms with van der Waals surface area (Å²) in [4.78, 5) is 9.97. The number of piperazine rings is 2. The van der Waals surface area contributed by atoms with Crippen molar-refractivity contribution in [1.82, 2.24) is 19.6 Å². The predicted octanol–water partition coefficient (Wildman–Crippen LogP) is 1.83. The van der Waals surface area contributed by atoms with E-state index in [4.69, 9.17) is 0 Å². The molecule has 0 aliphatic carbocycles. The lowest BCUT2D eigenvalue weighted by atomic mass is 10.1. The second-order valence-electron chi connectivity index (χ2n) is 9.47. The van der Waals surface area contributed by atoms with E-state index in [1.54, 1.807) is 0 Å². The van der Waals surface area contributed by atoms with E-state index < -0.39 is 0 Å². The molecule has 0 spiro atoms. The second-order valence-corrected chi connectivity index (χ2v) is 9.47. The third-order valence-electron chi connectivity index (χ3n) is 5.49. The average molecular weight is 359 g/mol. The lowest BCUT2D eigenvalue weighted by Crippen LogP contribution is -2.53. The Balaban J connectivity index is 1.63. The molecular weight excluding hydrogens is 320 g/mol. The summed E-state index contributed by atoms with van der Waals surface area (Å²) in [6.45, 7) is 24.4. The van der Waals surface area contributed by atoms with Gasteiger partial charge < -0.3 is 0 Å². The van der Waals surface area contributed by atoms with Gasteiger partial charge in [-0.25, -0.2) is 0 Å². The minimum Gasteiger partial charge on any atom is -0.296 e. The molecule has 2 saturated heterocycles. The lowest BCUT2D eigenvalue weighted by molar-refractivity contribution is 0.0682. The van der Waals surface area contributed by atoms with E-state index in [2.05, 4.69) is 84.8 Å². The van der Waals surface area contributed by atoms with Crippen LogP contribution in [-0.4, -0.2) is 96.1 Å². The normalized spacial score (nSPS) is 21.6. The van der Waals surface area contributed by atoms with E-state index in [1.807, 2.05) is 0 Å². The molecule has 0 unspecified atom stereocenters. The molecule has 0 aromatic heterocycles. The summed E-state index contributed by atoms with van der Waals surface area (Å²) in [5, 5.41) is 0. The van der Waals surface area contributed by atoms with Crippen molar-refractivity contribution < 1.29 is 0 Å². The van der Waals surface area contributed by atoms with Crippen molar-refractivity contribution >= 4 is 0 Å². The molecule has 0 atom stereocenters. The van der Waals surface area contributed by atoms with Crippen LogP contribution in [0.4, 0.5) is 0 Å². The zero-order chi connectivity index (χ0) is 19.2. The first kappa shape index (κ1) is 21.3.